The number of nitrogens with zero attached hydrogens (tertiary/aromatic N) is 1. The Morgan fingerprint density at radius 3 is 2.28 bits per heavy atom. The highest BCUT2D eigenvalue weighted by Crippen LogP contribution is 2.19. The van der Waals surface area contributed by atoms with Gasteiger partial charge in [0.2, 0.25) is 0 Å². The Labute approximate surface area is 122 Å². The maximum Gasteiger partial charge on any atom is 0.0315 e. The highest BCUT2D eigenvalue weighted by molar-refractivity contribution is 14.1. The first kappa shape index (κ1) is 13.5. The molecule has 0 aliphatic rings. The van der Waals surface area contributed by atoms with Crippen molar-refractivity contribution in [2.24, 2.45) is 0 Å². The summed E-state index contributed by atoms with van der Waals surface area (Å²) in [4.78, 5) is 4.16. The van der Waals surface area contributed by atoms with Gasteiger partial charge in [-0.3, -0.25) is 4.98 Å². The second kappa shape index (κ2) is 6.29. The molecule has 94 valence electrons. The number of halogens is 1. The maximum absolute atomic E-state index is 4.16. The van der Waals surface area contributed by atoms with Crippen LogP contribution < -0.4 is 5.32 Å². The zero-order chi connectivity index (χ0) is 13.0. The van der Waals surface area contributed by atoms with Crippen LogP contribution in [-0.2, 0) is 0 Å². The Balaban J connectivity index is 2.03. The smallest absolute Gasteiger partial charge is 0.0315 e. The number of nitrogens with one attached hydrogen (secondary N) is 1. The van der Waals surface area contributed by atoms with E-state index in [9.17, 15) is 0 Å². The van der Waals surface area contributed by atoms with Crippen molar-refractivity contribution >= 4 is 22.6 Å². The molecule has 18 heavy (non-hydrogen) atoms. The van der Waals surface area contributed by atoms with Crippen LogP contribution in [0.1, 0.15) is 37.1 Å². The molecule has 2 atom stereocenters. The van der Waals surface area contributed by atoms with E-state index in [-0.39, 0.29) is 0 Å². The van der Waals surface area contributed by atoms with Crippen LogP contribution in [0.3, 0.4) is 0 Å². The van der Waals surface area contributed by atoms with E-state index in [0.717, 1.165) is 0 Å². The molecule has 0 saturated heterocycles. The van der Waals surface area contributed by atoms with Crippen molar-refractivity contribution < 1.29 is 0 Å². The lowest BCUT2D eigenvalue weighted by Gasteiger charge is -2.20. The Morgan fingerprint density at radius 2 is 1.67 bits per heavy atom. The highest BCUT2D eigenvalue weighted by Gasteiger charge is 2.10. The molecule has 0 aliphatic heterocycles. The van der Waals surface area contributed by atoms with E-state index in [2.05, 4.69) is 77.1 Å². The molecule has 2 aromatic rings. The van der Waals surface area contributed by atoms with Gasteiger partial charge in [-0.15, -0.1) is 0 Å². The number of pyridine rings is 1. The summed E-state index contributed by atoms with van der Waals surface area (Å²) >= 11 is 2.33. The summed E-state index contributed by atoms with van der Waals surface area (Å²) in [5.41, 5.74) is 2.53. The summed E-state index contributed by atoms with van der Waals surface area (Å²) in [5.74, 6) is 0. The molecule has 1 N–H and O–H groups in total. The molecule has 0 fully saturated rings. The molecule has 2 rings (SSSR count). The molecule has 3 heteroatoms. The number of rotatable bonds is 4. The van der Waals surface area contributed by atoms with Gasteiger partial charge in [0.15, 0.2) is 0 Å². The molecule has 0 radical (unpaired) electrons. The van der Waals surface area contributed by atoms with E-state index in [1.54, 1.807) is 6.20 Å². The molecule has 0 amide bonds. The fraction of sp³-hybridized carbons (Fsp3) is 0.267. The normalized spacial score (nSPS) is 14.2. The predicted octanol–water partition coefficient (Wildman–Crippen LogP) is 4.10. The molecule has 1 unspecified atom stereocenters. The minimum Gasteiger partial charge on any atom is -0.304 e. The molecule has 0 bridgehead atoms. The predicted molar refractivity (Wildman–Crippen MR) is 83.4 cm³/mol. The van der Waals surface area contributed by atoms with Gasteiger partial charge < -0.3 is 5.32 Å². The lowest BCUT2D eigenvalue weighted by Crippen LogP contribution is -2.22. The second-order valence-electron chi connectivity index (χ2n) is 4.45. The van der Waals surface area contributed by atoms with Gasteiger partial charge in [-0.25, -0.2) is 0 Å². The average molecular weight is 352 g/mol. The molecule has 0 aliphatic carbocycles. The van der Waals surface area contributed by atoms with Crippen molar-refractivity contribution in [2.75, 3.05) is 0 Å². The van der Waals surface area contributed by atoms with Crippen molar-refractivity contribution in [3.8, 4) is 0 Å². The Bertz CT molecular complexity index is 482. The number of hydrogen-bond acceptors (Lipinski definition) is 2. The first-order chi connectivity index (χ1) is 8.66. The van der Waals surface area contributed by atoms with E-state index in [1.807, 2.05) is 12.3 Å². The Morgan fingerprint density at radius 1 is 1.00 bits per heavy atom. The van der Waals surface area contributed by atoms with Gasteiger partial charge in [0.05, 0.1) is 0 Å². The van der Waals surface area contributed by atoms with Crippen LogP contribution in [0.4, 0.5) is 0 Å². The van der Waals surface area contributed by atoms with E-state index >= 15 is 0 Å². The molecule has 1 heterocycles. The Kier molecular flexibility index (Phi) is 4.72. The van der Waals surface area contributed by atoms with Gasteiger partial charge >= 0.3 is 0 Å². The molecule has 2 nitrogen and oxygen atoms in total. The van der Waals surface area contributed by atoms with Crippen LogP contribution in [0.15, 0.2) is 48.8 Å². The van der Waals surface area contributed by atoms with Gasteiger partial charge in [-0.2, -0.15) is 0 Å². The van der Waals surface area contributed by atoms with E-state index in [1.165, 1.54) is 14.7 Å². The number of hydrogen-bond donors (Lipinski definition) is 1. The standard InChI is InChI=1S/C15H17IN2/c1-11(13-5-7-15(16)8-6-13)18-12(2)14-4-3-9-17-10-14/h3-12,18H,1-2H3/t11?,12-/m0/s1. The minimum atomic E-state index is 0.299. The second-order valence-corrected chi connectivity index (χ2v) is 5.69. The van der Waals surface area contributed by atoms with Crippen LogP contribution in [0.5, 0.6) is 0 Å². The third-order valence-corrected chi connectivity index (χ3v) is 3.77. The third-order valence-electron chi connectivity index (χ3n) is 3.05. The molecular formula is C15H17IN2. The van der Waals surface area contributed by atoms with Gasteiger partial charge in [0.25, 0.3) is 0 Å². The lowest BCUT2D eigenvalue weighted by atomic mass is 10.1. The van der Waals surface area contributed by atoms with E-state index in [0.29, 0.717) is 12.1 Å². The van der Waals surface area contributed by atoms with Gasteiger partial charge in [0, 0.05) is 28.0 Å². The SMILES string of the molecule is CC(N[C@@H](C)c1cccnc1)c1ccc(I)cc1. The first-order valence-electron chi connectivity index (χ1n) is 6.08. The Hall–Kier alpha value is -0.940. The summed E-state index contributed by atoms with van der Waals surface area (Å²) in [6, 6.07) is 13.3. The van der Waals surface area contributed by atoms with Gasteiger partial charge in [-0.05, 0) is 65.8 Å². The molecule has 0 saturated carbocycles. The topological polar surface area (TPSA) is 24.9 Å². The highest BCUT2D eigenvalue weighted by atomic mass is 127. The summed E-state index contributed by atoms with van der Waals surface area (Å²) in [7, 11) is 0. The van der Waals surface area contributed by atoms with Crippen LogP contribution in [0.2, 0.25) is 0 Å². The zero-order valence-corrected chi connectivity index (χ0v) is 12.8. The number of benzene rings is 1. The monoisotopic (exact) mass is 352 g/mol. The number of aromatic nitrogens is 1. The van der Waals surface area contributed by atoms with Crippen molar-refractivity contribution in [1.82, 2.24) is 10.3 Å². The van der Waals surface area contributed by atoms with Gasteiger partial charge in [0.1, 0.15) is 0 Å². The van der Waals surface area contributed by atoms with Gasteiger partial charge in [-0.1, -0.05) is 18.2 Å². The molecule has 0 spiro atoms. The van der Waals surface area contributed by atoms with Crippen LogP contribution in [-0.4, -0.2) is 4.98 Å². The summed E-state index contributed by atoms with van der Waals surface area (Å²) in [6.07, 6.45) is 3.72. The largest absolute Gasteiger partial charge is 0.304 e. The van der Waals surface area contributed by atoms with E-state index in [4.69, 9.17) is 0 Å². The van der Waals surface area contributed by atoms with Crippen LogP contribution >= 0.6 is 22.6 Å². The summed E-state index contributed by atoms with van der Waals surface area (Å²) in [5, 5.41) is 3.59. The summed E-state index contributed by atoms with van der Waals surface area (Å²) < 4.78 is 1.27. The van der Waals surface area contributed by atoms with Crippen LogP contribution in [0.25, 0.3) is 0 Å². The molecular weight excluding hydrogens is 335 g/mol. The first-order valence-corrected chi connectivity index (χ1v) is 7.16. The molecule has 1 aromatic heterocycles. The summed E-state index contributed by atoms with van der Waals surface area (Å²) in [6.45, 7) is 4.36. The zero-order valence-electron chi connectivity index (χ0n) is 10.6. The van der Waals surface area contributed by atoms with Crippen molar-refractivity contribution in [3.63, 3.8) is 0 Å². The minimum absolute atomic E-state index is 0.299. The quantitative estimate of drug-likeness (QED) is 0.839. The van der Waals surface area contributed by atoms with Crippen molar-refractivity contribution in [3.05, 3.63) is 63.5 Å². The maximum atomic E-state index is 4.16. The molecule has 1 aromatic carbocycles. The fourth-order valence-corrected chi connectivity index (χ4v) is 2.31. The van der Waals surface area contributed by atoms with E-state index < -0.39 is 0 Å². The lowest BCUT2D eigenvalue weighted by molar-refractivity contribution is 0.493. The van der Waals surface area contributed by atoms with Crippen molar-refractivity contribution in [2.45, 2.75) is 25.9 Å². The van der Waals surface area contributed by atoms with Crippen molar-refractivity contribution in [1.29, 1.82) is 0 Å². The average Bonchev–Trinajstić information content (AvgIpc) is 2.40. The third kappa shape index (κ3) is 3.53. The van der Waals surface area contributed by atoms with Crippen LogP contribution in [0, 0.1) is 3.57 Å². The fourth-order valence-electron chi connectivity index (χ4n) is 1.95.